The van der Waals surface area contributed by atoms with Crippen molar-refractivity contribution >= 4 is 38.4 Å². The molecule has 7 nitrogen and oxygen atoms in total. The number of fused-ring (bicyclic) bond motifs is 1. The van der Waals surface area contributed by atoms with Crippen molar-refractivity contribution in [2.75, 3.05) is 26.2 Å². The molecule has 0 bridgehead atoms. The molecule has 1 saturated heterocycles. The van der Waals surface area contributed by atoms with Gasteiger partial charge in [-0.05, 0) is 29.6 Å². The van der Waals surface area contributed by atoms with E-state index in [-0.39, 0.29) is 19.0 Å². The number of amides is 1. The van der Waals surface area contributed by atoms with Gasteiger partial charge in [-0.3, -0.25) is 4.79 Å². The Morgan fingerprint density at radius 1 is 1.19 bits per heavy atom. The third-order valence-electron chi connectivity index (χ3n) is 4.36. The molecule has 0 spiro atoms. The molecule has 1 aliphatic heterocycles. The zero-order chi connectivity index (χ0) is 18.3. The maximum absolute atomic E-state index is 12.7. The molecule has 0 atom stereocenters. The molecular formula is C17H17N3O4S2. The molecule has 4 rings (SSSR count). The van der Waals surface area contributed by atoms with E-state index in [9.17, 15) is 13.2 Å². The van der Waals surface area contributed by atoms with Gasteiger partial charge in [0.1, 0.15) is 9.73 Å². The third-order valence-corrected chi connectivity index (χ3v) is 7.63. The number of hydrogen-bond acceptors (Lipinski definition) is 6. The quantitative estimate of drug-likeness (QED) is 0.684. The Balaban J connectivity index is 1.47. The lowest BCUT2D eigenvalue weighted by Gasteiger charge is -2.33. The summed E-state index contributed by atoms with van der Waals surface area (Å²) in [5.74, 6) is 0.428. The van der Waals surface area contributed by atoms with Crippen LogP contribution < -0.4 is 0 Å². The number of hydrogen-bond donors (Lipinski definition) is 0. The van der Waals surface area contributed by atoms with Crippen LogP contribution in [0.5, 0.6) is 0 Å². The number of aromatic nitrogens is 1. The SMILES string of the molecule is Cc1nc2cc(C(=O)N3CCN(S(=O)(=O)c4cccs4)CC3)ccc2o1. The van der Waals surface area contributed by atoms with Crippen LogP contribution in [0.4, 0.5) is 0 Å². The maximum Gasteiger partial charge on any atom is 0.254 e. The monoisotopic (exact) mass is 391 g/mol. The molecule has 0 saturated carbocycles. The van der Waals surface area contributed by atoms with Crippen molar-refractivity contribution in [3.63, 3.8) is 0 Å². The number of benzene rings is 1. The molecule has 2 aromatic heterocycles. The lowest BCUT2D eigenvalue weighted by Crippen LogP contribution is -2.50. The van der Waals surface area contributed by atoms with Gasteiger partial charge >= 0.3 is 0 Å². The molecule has 0 aliphatic carbocycles. The van der Waals surface area contributed by atoms with E-state index >= 15 is 0 Å². The first-order valence-electron chi connectivity index (χ1n) is 8.15. The molecule has 0 unspecified atom stereocenters. The topological polar surface area (TPSA) is 83.7 Å². The summed E-state index contributed by atoms with van der Waals surface area (Å²) in [6.07, 6.45) is 0. The Labute approximate surface area is 154 Å². The Morgan fingerprint density at radius 2 is 1.96 bits per heavy atom. The molecule has 1 fully saturated rings. The normalized spacial score (nSPS) is 16.3. The van der Waals surface area contributed by atoms with E-state index in [2.05, 4.69) is 4.98 Å². The fraction of sp³-hybridized carbons (Fsp3) is 0.294. The van der Waals surface area contributed by atoms with Crippen LogP contribution in [0.15, 0.2) is 44.3 Å². The number of piperazine rings is 1. The molecule has 136 valence electrons. The van der Waals surface area contributed by atoms with E-state index < -0.39 is 10.0 Å². The van der Waals surface area contributed by atoms with Gasteiger partial charge in [-0.2, -0.15) is 4.31 Å². The highest BCUT2D eigenvalue weighted by atomic mass is 32.2. The van der Waals surface area contributed by atoms with Crippen molar-refractivity contribution in [1.29, 1.82) is 0 Å². The zero-order valence-electron chi connectivity index (χ0n) is 14.1. The lowest BCUT2D eigenvalue weighted by atomic mass is 10.1. The largest absolute Gasteiger partial charge is 0.441 e. The number of carbonyl (C=O) groups is 1. The molecule has 1 aliphatic rings. The summed E-state index contributed by atoms with van der Waals surface area (Å²) in [5.41, 5.74) is 1.82. The second-order valence-electron chi connectivity index (χ2n) is 6.04. The van der Waals surface area contributed by atoms with Crippen molar-refractivity contribution in [2.24, 2.45) is 0 Å². The third kappa shape index (κ3) is 3.02. The predicted molar refractivity (Wildman–Crippen MR) is 97.7 cm³/mol. The summed E-state index contributed by atoms with van der Waals surface area (Å²) >= 11 is 1.20. The predicted octanol–water partition coefficient (Wildman–Crippen LogP) is 2.34. The minimum Gasteiger partial charge on any atom is -0.441 e. The summed E-state index contributed by atoms with van der Waals surface area (Å²) < 4.78 is 32.3. The average molecular weight is 391 g/mol. The van der Waals surface area contributed by atoms with E-state index in [1.807, 2.05) is 0 Å². The first-order valence-corrected chi connectivity index (χ1v) is 10.5. The second kappa shape index (κ2) is 6.49. The lowest BCUT2D eigenvalue weighted by molar-refractivity contribution is 0.0698. The van der Waals surface area contributed by atoms with Crippen LogP contribution >= 0.6 is 11.3 Å². The smallest absolute Gasteiger partial charge is 0.254 e. The molecule has 26 heavy (non-hydrogen) atoms. The van der Waals surface area contributed by atoms with Crippen molar-refractivity contribution in [3.8, 4) is 0 Å². The van der Waals surface area contributed by atoms with Crippen LogP contribution in [0.2, 0.25) is 0 Å². The number of carbonyl (C=O) groups excluding carboxylic acids is 1. The van der Waals surface area contributed by atoms with Gasteiger partial charge in [0, 0.05) is 38.7 Å². The van der Waals surface area contributed by atoms with Crippen LogP contribution in [0.1, 0.15) is 16.2 Å². The molecule has 3 aromatic rings. The number of sulfonamides is 1. The van der Waals surface area contributed by atoms with Crippen molar-refractivity contribution < 1.29 is 17.6 Å². The summed E-state index contributed by atoms with van der Waals surface area (Å²) in [6, 6.07) is 8.48. The first kappa shape index (κ1) is 17.2. The van der Waals surface area contributed by atoms with Crippen LogP contribution in [0.3, 0.4) is 0 Å². The molecule has 9 heteroatoms. The Bertz CT molecular complexity index is 1050. The van der Waals surface area contributed by atoms with Crippen molar-refractivity contribution in [2.45, 2.75) is 11.1 Å². The summed E-state index contributed by atoms with van der Waals surface area (Å²) in [7, 11) is -3.47. The Hall–Kier alpha value is -2.23. The van der Waals surface area contributed by atoms with Gasteiger partial charge in [0.2, 0.25) is 0 Å². The minimum atomic E-state index is -3.47. The van der Waals surface area contributed by atoms with E-state index in [0.29, 0.717) is 39.9 Å². The standard InChI is InChI=1S/C17H17N3O4S2/c1-12-18-14-11-13(4-5-15(14)24-12)17(21)19-6-8-20(9-7-19)26(22,23)16-3-2-10-25-16/h2-5,10-11H,6-9H2,1H3. The zero-order valence-corrected chi connectivity index (χ0v) is 15.7. The highest BCUT2D eigenvalue weighted by Gasteiger charge is 2.31. The van der Waals surface area contributed by atoms with Gasteiger partial charge in [-0.25, -0.2) is 13.4 Å². The average Bonchev–Trinajstić information content (AvgIpc) is 3.29. The van der Waals surface area contributed by atoms with E-state index in [4.69, 9.17) is 4.42 Å². The van der Waals surface area contributed by atoms with Crippen LogP contribution in [-0.4, -0.2) is 54.7 Å². The highest BCUT2D eigenvalue weighted by Crippen LogP contribution is 2.23. The maximum atomic E-state index is 12.7. The summed E-state index contributed by atoms with van der Waals surface area (Å²) in [5, 5.41) is 1.74. The van der Waals surface area contributed by atoms with Gasteiger partial charge < -0.3 is 9.32 Å². The van der Waals surface area contributed by atoms with Crippen LogP contribution in [0.25, 0.3) is 11.1 Å². The Morgan fingerprint density at radius 3 is 2.65 bits per heavy atom. The first-order chi connectivity index (χ1) is 12.4. The van der Waals surface area contributed by atoms with Gasteiger partial charge in [0.15, 0.2) is 11.5 Å². The minimum absolute atomic E-state index is 0.124. The van der Waals surface area contributed by atoms with Crippen LogP contribution in [0, 0.1) is 6.92 Å². The second-order valence-corrected chi connectivity index (χ2v) is 9.16. The highest BCUT2D eigenvalue weighted by molar-refractivity contribution is 7.91. The number of aryl methyl sites for hydroxylation is 1. The fourth-order valence-corrected chi connectivity index (χ4v) is 5.59. The Kier molecular flexibility index (Phi) is 4.29. The molecule has 1 aromatic carbocycles. The number of rotatable bonds is 3. The van der Waals surface area contributed by atoms with Gasteiger partial charge in [0.05, 0.1) is 0 Å². The van der Waals surface area contributed by atoms with Gasteiger partial charge in [-0.15, -0.1) is 11.3 Å². The van der Waals surface area contributed by atoms with Crippen LogP contribution in [-0.2, 0) is 10.0 Å². The molecule has 0 N–H and O–H groups in total. The molecule has 1 amide bonds. The summed E-state index contributed by atoms with van der Waals surface area (Å²) in [4.78, 5) is 18.7. The molecule has 3 heterocycles. The van der Waals surface area contributed by atoms with E-state index in [1.165, 1.54) is 15.6 Å². The van der Waals surface area contributed by atoms with Gasteiger partial charge in [0.25, 0.3) is 15.9 Å². The molecular weight excluding hydrogens is 374 g/mol. The van der Waals surface area contributed by atoms with Gasteiger partial charge in [-0.1, -0.05) is 6.07 Å². The van der Waals surface area contributed by atoms with Crippen molar-refractivity contribution in [3.05, 3.63) is 47.2 Å². The fourth-order valence-electron chi connectivity index (χ4n) is 3.03. The van der Waals surface area contributed by atoms with E-state index in [0.717, 1.165) is 0 Å². The number of oxazole rings is 1. The summed E-state index contributed by atoms with van der Waals surface area (Å²) in [6.45, 7) is 3.06. The van der Waals surface area contributed by atoms with Crippen molar-refractivity contribution in [1.82, 2.24) is 14.2 Å². The number of nitrogens with zero attached hydrogens (tertiary/aromatic N) is 3. The number of thiophene rings is 1. The van der Waals surface area contributed by atoms with E-state index in [1.54, 1.807) is 47.5 Å². The molecule has 0 radical (unpaired) electrons.